The summed E-state index contributed by atoms with van der Waals surface area (Å²) in [7, 11) is 0. The topological polar surface area (TPSA) is 83.1 Å². The summed E-state index contributed by atoms with van der Waals surface area (Å²) in [5.41, 5.74) is 1.42. The van der Waals surface area contributed by atoms with Crippen molar-refractivity contribution in [2.75, 3.05) is 5.32 Å². The van der Waals surface area contributed by atoms with Crippen molar-refractivity contribution >= 4 is 17.8 Å². The van der Waals surface area contributed by atoms with Crippen LogP contribution < -0.4 is 16.0 Å². The molecule has 0 bridgehead atoms. The average molecular weight is 366 g/mol. The summed E-state index contributed by atoms with van der Waals surface area (Å²) in [6.07, 6.45) is -3.75. The molecule has 9 heteroatoms. The summed E-state index contributed by atoms with van der Waals surface area (Å²) in [6.45, 7) is 1.89. The normalized spacial score (nSPS) is 12.2. The molecule has 0 saturated carbocycles. The molecule has 3 amide bonds. The lowest BCUT2D eigenvalue weighted by Crippen LogP contribution is -2.36. The molecule has 2 aromatic rings. The fraction of sp³-hybridized carbons (Fsp3) is 0.235. The quantitative estimate of drug-likeness (QED) is 0.760. The van der Waals surface area contributed by atoms with Gasteiger partial charge in [0.15, 0.2) is 0 Å². The molecule has 138 valence electrons. The van der Waals surface area contributed by atoms with Gasteiger partial charge in [-0.1, -0.05) is 30.3 Å². The molecular formula is C17H17F3N4O2. The van der Waals surface area contributed by atoms with Crippen molar-refractivity contribution in [1.29, 1.82) is 0 Å². The van der Waals surface area contributed by atoms with Crippen molar-refractivity contribution in [3.63, 3.8) is 0 Å². The standard InChI is InChI=1S/C17H17F3N4O2/c1-11(13-5-3-2-4-6-13)23-16(26)22-10-12-7-8-21-14(9-12)24-15(25)17(18,19)20/h2-9,11H,10H2,1H3,(H,21,24,25)(H2,22,23,26)/t11-/m1/s1. The van der Waals surface area contributed by atoms with E-state index in [9.17, 15) is 22.8 Å². The van der Waals surface area contributed by atoms with Gasteiger partial charge in [-0.25, -0.2) is 9.78 Å². The van der Waals surface area contributed by atoms with Crippen LogP contribution in [0.15, 0.2) is 48.7 Å². The number of hydrogen-bond acceptors (Lipinski definition) is 3. The summed E-state index contributed by atoms with van der Waals surface area (Å²) in [4.78, 5) is 26.5. The first-order valence-corrected chi connectivity index (χ1v) is 7.68. The third kappa shape index (κ3) is 5.76. The highest BCUT2D eigenvalue weighted by Gasteiger charge is 2.38. The van der Waals surface area contributed by atoms with E-state index in [0.29, 0.717) is 5.56 Å². The molecule has 1 aromatic carbocycles. The van der Waals surface area contributed by atoms with E-state index in [4.69, 9.17) is 0 Å². The first-order valence-electron chi connectivity index (χ1n) is 7.68. The Morgan fingerprint density at radius 3 is 2.50 bits per heavy atom. The summed E-state index contributed by atoms with van der Waals surface area (Å²) in [5.74, 6) is -2.35. The van der Waals surface area contributed by atoms with Crippen molar-refractivity contribution in [3.8, 4) is 0 Å². The van der Waals surface area contributed by atoms with Crippen molar-refractivity contribution in [3.05, 3.63) is 59.8 Å². The highest BCUT2D eigenvalue weighted by atomic mass is 19.4. The van der Waals surface area contributed by atoms with Gasteiger partial charge >= 0.3 is 18.1 Å². The van der Waals surface area contributed by atoms with Gasteiger partial charge in [0.1, 0.15) is 5.82 Å². The van der Waals surface area contributed by atoms with E-state index >= 15 is 0 Å². The predicted octanol–water partition coefficient (Wildman–Crippen LogP) is 3.14. The second-order valence-electron chi connectivity index (χ2n) is 5.46. The molecule has 0 aliphatic heterocycles. The van der Waals surface area contributed by atoms with Crippen molar-refractivity contribution in [2.24, 2.45) is 0 Å². The molecule has 0 aliphatic carbocycles. The number of aromatic nitrogens is 1. The maximum absolute atomic E-state index is 12.2. The second kappa shape index (κ2) is 8.32. The van der Waals surface area contributed by atoms with E-state index in [1.807, 2.05) is 37.3 Å². The number of alkyl halides is 3. The Hall–Kier alpha value is -3.10. The lowest BCUT2D eigenvalue weighted by molar-refractivity contribution is -0.167. The van der Waals surface area contributed by atoms with Crippen LogP contribution >= 0.6 is 0 Å². The zero-order chi connectivity index (χ0) is 19.2. The Bertz CT molecular complexity index is 766. The maximum atomic E-state index is 12.2. The zero-order valence-corrected chi connectivity index (χ0v) is 13.8. The Morgan fingerprint density at radius 1 is 1.15 bits per heavy atom. The molecule has 6 nitrogen and oxygen atoms in total. The summed E-state index contributed by atoms with van der Waals surface area (Å²) in [6, 6.07) is 11.5. The Kier molecular flexibility index (Phi) is 6.16. The number of urea groups is 1. The molecule has 0 radical (unpaired) electrons. The number of rotatable bonds is 5. The van der Waals surface area contributed by atoms with Gasteiger partial charge in [-0.05, 0) is 30.2 Å². The number of anilines is 1. The minimum absolute atomic E-state index is 0.0603. The Labute approximate surface area is 147 Å². The minimum atomic E-state index is -5.00. The molecule has 2 rings (SSSR count). The van der Waals surface area contributed by atoms with E-state index in [0.717, 1.165) is 5.56 Å². The zero-order valence-electron chi connectivity index (χ0n) is 13.8. The molecule has 3 N–H and O–H groups in total. The van der Waals surface area contributed by atoms with E-state index in [2.05, 4.69) is 15.6 Å². The first-order chi connectivity index (χ1) is 12.3. The number of amides is 3. The Balaban J connectivity index is 1.88. The van der Waals surface area contributed by atoms with Gasteiger partial charge in [0.05, 0.1) is 6.04 Å². The number of hydrogen-bond donors (Lipinski definition) is 3. The fourth-order valence-corrected chi connectivity index (χ4v) is 2.09. The molecule has 0 unspecified atom stereocenters. The number of halogens is 3. The van der Waals surface area contributed by atoms with Gasteiger partial charge in [-0.15, -0.1) is 0 Å². The van der Waals surface area contributed by atoms with E-state index < -0.39 is 18.1 Å². The maximum Gasteiger partial charge on any atom is 0.471 e. The number of nitrogens with one attached hydrogen (secondary N) is 3. The highest BCUT2D eigenvalue weighted by molar-refractivity contribution is 5.94. The van der Waals surface area contributed by atoms with E-state index in [1.165, 1.54) is 18.3 Å². The first kappa shape index (κ1) is 19.2. The monoisotopic (exact) mass is 366 g/mol. The van der Waals surface area contributed by atoms with Crippen molar-refractivity contribution in [1.82, 2.24) is 15.6 Å². The predicted molar refractivity (Wildman–Crippen MR) is 89.2 cm³/mol. The van der Waals surface area contributed by atoms with E-state index in [-0.39, 0.29) is 18.4 Å². The van der Waals surface area contributed by atoms with Crippen LogP contribution in [0, 0.1) is 0 Å². The summed E-state index contributed by atoms with van der Waals surface area (Å²) < 4.78 is 36.7. The van der Waals surface area contributed by atoms with Crippen LogP contribution in [0.3, 0.4) is 0 Å². The molecule has 26 heavy (non-hydrogen) atoms. The fourth-order valence-electron chi connectivity index (χ4n) is 2.09. The van der Waals surface area contributed by atoms with Crippen LogP contribution in [0.1, 0.15) is 24.1 Å². The number of carbonyl (C=O) groups is 2. The largest absolute Gasteiger partial charge is 0.471 e. The van der Waals surface area contributed by atoms with Crippen molar-refractivity contribution in [2.45, 2.75) is 25.7 Å². The molecule has 0 aliphatic rings. The third-order valence-corrected chi connectivity index (χ3v) is 3.42. The molecular weight excluding hydrogens is 349 g/mol. The van der Waals surface area contributed by atoms with Crippen molar-refractivity contribution < 1.29 is 22.8 Å². The number of nitrogens with zero attached hydrogens (tertiary/aromatic N) is 1. The number of benzene rings is 1. The van der Waals surface area contributed by atoms with Gasteiger partial charge in [0.25, 0.3) is 0 Å². The minimum Gasteiger partial charge on any atom is -0.334 e. The van der Waals surface area contributed by atoms with Crippen LogP contribution in [0.25, 0.3) is 0 Å². The lowest BCUT2D eigenvalue weighted by atomic mass is 10.1. The molecule has 1 atom stereocenters. The van der Waals surface area contributed by atoms with Crippen LogP contribution in [-0.2, 0) is 11.3 Å². The third-order valence-electron chi connectivity index (χ3n) is 3.42. The molecule has 0 spiro atoms. The van der Waals surface area contributed by atoms with Crippen LogP contribution in [-0.4, -0.2) is 23.1 Å². The molecule has 1 heterocycles. The molecule has 0 fully saturated rings. The molecule has 1 aromatic heterocycles. The van der Waals surface area contributed by atoms with Gasteiger partial charge in [0, 0.05) is 12.7 Å². The SMILES string of the molecule is C[C@@H](NC(=O)NCc1ccnc(NC(=O)C(F)(F)F)c1)c1ccccc1. The van der Waals surface area contributed by atoms with Crippen LogP contribution in [0.2, 0.25) is 0 Å². The summed E-state index contributed by atoms with van der Waals surface area (Å²) in [5, 5.41) is 7.01. The Morgan fingerprint density at radius 2 is 1.85 bits per heavy atom. The summed E-state index contributed by atoms with van der Waals surface area (Å²) >= 11 is 0. The average Bonchev–Trinajstić information content (AvgIpc) is 2.60. The van der Waals surface area contributed by atoms with Gasteiger partial charge in [-0.3, -0.25) is 4.79 Å². The second-order valence-corrected chi connectivity index (χ2v) is 5.46. The number of pyridine rings is 1. The van der Waals surface area contributed by atoms with Gasteiger partial charge in [0.2, 0.25) is 0 Å². The van der Waals surface area contributed by atoms with E-state index in [1.54, 1.807) is 5.32 Å². The van der Waals surface area contributed by atoms with Gasteiger partial charge < -0.3 is 16.0 Å². The van der Waals surface area contributed by atoms with Crippen LogP contribution in [0.4, 0.5) is 23.8 Å². The highest BCUT2D eigenvalue weighted by Crippen LogP contribution is 2.17. The number of carbonyl (C=O) groups excluding carboxylic acids is 2. The lowest BCUT2D eigenvalue weighted by Gasteiger charge is -2.15. The molecule has 0 saturated heterocycles. The smallest absolute Gasteiger partial charge is 0.334 e. The van der Waals surface area contributed by atoms with Crippen LogP contribution in [0.5, 0.6) is 0 Å². The van der Waals surface area contributed by atoms with Gasteiger partial charge in [-0.2, -0.15) is 13.2 Å².